The molecule has 1 aliphatic rings. The van der Waals surface area contributed by atoms with Gasteiger partial charge in [0, 0.05) is 6.04 Å². The molecule has 1 aliphatic carbocycles. The summed E-state index contributed by atoms with van der Waals surface area (Å²) in [6.45, 7) is 4.65. The second kappa shape index (κ2) is 7.27. The van der Waals surface area contributed by atoms with Crippen LogP contribution >= 0.6 is 0 Å². The lowest BCUT2D eigenvalue weighted by atomic mass is 9.76. The second-order valence-corrected chi connectivity index (χ2v) is 5.24. The van der Waals surface area contributed by atoms with Crippen molar-refractivity contribution in [2.45, 2.75) is 71.3 Å². The Hall–Kier alpha value is -0.0400. The average Bonchev–Trinajstić information content (AvgIpc) is 2.30. The molecule has 3 unspecified atom stereocenters. The molecule has 0 amide bonds. The van der Waals surface area contributed by atoms with Crippen LogP contribution in [0.5, 0.6) is 0 Å². The van der Waals surface area contributed by atoms with Gasteiger partial charge in [-0.2, -0.15) is 0 Å². The number of hydrogen-bond acceptors (Lipinski definition) is 1. The second-order valence-electron chi connectivity index (χ2n) is 5.24. The molecule has 1 N–H and O–H groups in total. The van der Waals surface area contributed by atoms with E-state index in [-0.39, 0.29) is 0 Å². The van der Waals surface area contributed by atoms with E-state index in [4.69, 9.17) is 0 Å². The molecule has 0 radical (unpaired) electrons. The van der Waals surface area contributed by atoms with Gasteiger partial charge in [-0.05, 0) is 38.1 Å². The van der Waals surface area contributed by atoms with E-state index < -0.39 is 0 Å². The highest BCUT2D eigenvalue weighted by Crippen LogP contribution is 2.34. The van der Waals surface area contributed by atoms with Crippen LogP contribution in [0.1, 0.15) is 65.2 Å². The predicted molar refractivity (Wildman–Crippen MR) is 68.1 cm³/mol. The van der Waals surface area contributed by atoms with Crippen molar-refractivity contribution in [3.8, 4) is 0 Å². The quantitative estimate of drug-likeness (QED) is 0.700. The summed E-state index contributed by atoms with van der Waals surface area (Å²) < 4.78 is 0. The molecule has 1 nitrogen and oxygen atoms in total. The molecule has 1 heteroatoms. The first kappa shape index (κ1) is 13.0. The van der Waals surface area contributed by atoms with Crippen molar-refractivity contribution in [2.24, 2.45) is 11.8 Å². The summed E-state index contributed by atoms with van der Waals surface area (Å²) in [5, 5.41) is 3.55. The van der Waals surface area contributed by atoms with Crippen molar-refractivity contribution in [3.05, 3.63) is 0 Å². The van der Waals surface area contributed by atoms with Gasteiger partial charge in [-0.3, -0.25) is 0 Å². The van der Waals surface area contributed by atoms with E-state index in [0.29, 0.717) is 0 Å². The zero-order chi connectivity index (χ0) is 11.1. The Morgan fingerprint density at radius 3 is 2.67 bits per heavy atom. The van der Waals surface area contributed by atoms with E-state index >= 15 is 0 Å². The standard InChI is InChI=1S/C14H29N/c1-4-6-10-14(15-3)13-9-7-8-12(5-2)11-13/h12-15H,4-11H2,1-3H3. The first-order valence-corrected chi connectivity index (χ1v) is 6.99. The molecule has 0 aliphatic heterocycles. The minimum atomic E-state index is 0.791. The number of unbranched alkanes of at least 4 members (excludes halogenated alkanes) is 1. The van der Waals surface area contributed by atoms with E-state index in [9.17, 15) is 0 Å². The van der Waals surface area contributed by atoms with Crippen LogP contribution in [0.15, 0.2) is 0 Å². The van der Waals surface area contributed by atoms with Gasteiger partial charge in [0.05, 0.1) is 0 Å². The Labute approximate surface area is 96.0 Å². The molecular formula is C14H29N. The Bertz CT molecular complexity index is 155. The molecule has 0 saturated heterocycles. The lowest BCUT2D eigenvalue weighted by Crippen LogP contribution is -2.36. The molecule has 0 aromatic carbocycles. The predicted octanol–water partition coefficient (Wildman–Crippen LogP) is 3.98. The van der Waals surface area contributed by atoms with Gasteiger partial charge in [-0.1, -0.05) is 46.0 Å². The summed E-state index contributed by atoms with van der Waals surface area (Å²) in [5.41, 5.74) is 0. The third kappa shape index (κ3) is 4.14. The van der Waals surface area contributed by atoms with Crippen molar-refractivity contribution in [1.82, 2.24) is 5.32 Å². The SMILES string of the molecule is CCCCC(NC)C1CCCC(CC)C1. The van der Waals surface area contributed by atoms with Gasteiger partial charge in [0.2, 0.25) is 0 Å². The van der Waals surface area contributed by atoms with Crippen LogP contribution in [0.25, 0.3) is 0 Å². The van der Waals surface area contributed by atoms with Gasteiger partial charge in [0.1, 0.15) is 0 Å². The maximum atomic E-state index is 3.55. The fraction of sp³-hybridized carbons (Fsp3) is 1.00. The van der Waals surface area contributed by atoms with Crippen molar-refractivity contribution in [3.63, 3.8) is 0 Å². The molecule has 1 fully saturated rings. The van der Waals surface area contributed by atoms with Crippen LogP contribution in [-0.4, -0.2) is 13.1 Å². The normalized spacial score (nSPS) is 29.0. The molecular weight excluding hydrogens is 182 g/mol. The molecule has 90 valence electrons. The zero-order valence-corrected chi connectivity index (χ0v) is 10.9. The molecule has 3 atom stereocenters. The summed E-state index contributed by atoms with van der Waals surface area (Å²) >= 11 is 0. The van der Waals surface area contributed by atoms with E-state index in [1.165, 1.54) is 51.4 Å². The van der Waals surface area contributed by atoms with E-state index in [0.717, 1.165) is 17.9 Å². The van der Waals surface area contributed by atoms with E-state index in [1.807, 2.05) is 0 Å². The van der Waals surface area contributed by atoms with Crippen molar-refractivity contribution < 1.29 is 0 Å². The molecule has 0 aromatic rings. The van der Waals surface area contributed by atoms with Crippen LogP contribution < -0.4 is 5.32 Å². The third-order valence-corrected chi connectivity index (χ3v) is 4.21. The van der Waals surface area contributed by atoms with Gasteiger partial charge in [-0.25, -0.2) is 0 Å². The minimum absolute atomic E-state index is 0.791. The van der Waals surface area contributed by atoms with Crippen molar-refractivity contribution in [1.29, 1.82) is 0 Å². The lowest BCUT2D eigenvalue weighted by molar-refractivity contribution is 0.205. The fourth-order valence-electron chi connectivity index (χ4n) is 3.11. The summed E-state index contributed by atoms with van der Waals surface area (Å²) in [6.07, 6.45) is 11.4. The van der Waals surface area contributed by atoms with Gasteiger partial charge >= 0.3 is 0 Å². The maximum absolute atomic E-state index is 3.55. The van der Waals surface area contributed by atoms with Crippen LogP contribution in [0.4, 0.5) is 0 Å². The topological polar surface area (TPSA) is 12.0 Å². The fourth-order valence-corrected chi connectivity index (χ4v) is 3.11. The van der Waals surface area contributed by atoms with Gasteiger partial charge < -0.3 is 5.32 Å². The number of nitrogens with one attached hydrogen (secondary N) is 1. The Balaban J connectivity index is 2.37. The van der Waals surface area contributed by atoms with Crippen LogP contribution in [0.2, 0.25) is 0 Å². The zero-order valence-electron chi connectivity index (χ0n) is 10.9. The highest BCUT2D eigenvalue weighted by Gasteiger charge is 2.26. The van der Waals surface area contributed by atoms with E-state index in [2.05, 4.69) is 26.2 Å². The van der Waals surface area contributed by atoms with Crippen molar-refractivity contribution in [2.75, 3.05) is 7.05 Å². The Morgan fingerprint density at radius 2 is 2.07 bits per heavy atom. The average molecular weight is 211 g/mol. The smallest absolute Gasteiger partial charge is 0.00924 e. The van der Waals surface area contributed by atoms with Crippen LogP contribution in [0.3, 0.4) is 0 Å². The van der Waals surface area contributed by atoms with Gasteiger partial charge in [0.25, 0.3) is 0 Å². The molecule has 0 spiro atoms. The minimum Gasteiger partial charge on any atom is -0.317 e. The molecule has 15 heavy (non-hydrogen) atoms. The molecule has 0 bridgehead atoms. The Kier molecular flexibility index (Phi) is 6.31. The largest absolute Gasteiger partial charge is 0.317 e. The third-order valence-electron chi connectivity index (χ3n) is 4.21. The van der Waals surface area contributed by atoms with Gasteiger partial charge in [-0.15, -0.1) is 0 Å². The van der Waals surface area contributed by atoms with E-state index in [1.54, 1.807) is 0 Å². The molecule has 1 saturated carbocycles. The molecule has 0 heterocycles. The van der Waals surface area contributed by atoms with Crippen molar-refractivity contribution >= 4 is 0 Å². The van der Waals surface area contributed by atoms with Gasteiger partial charge in [0.15, 0.2) is 0 Å². The summed E-state index contributed by atoms with van der Waals surface area (Å²) in [5.74, 6) is 1.97. The van der Waals surface area contributed by atoms with Crippen LogP contribution in [-0.2, 0) is 0 Å². The number of hydrogen-bond donors (Lipinski definition) is 1. The van der Waals surface area contributed by atoms with Crippen LogP contribution in [0, 0.1) is 11.8 Å². The maximum Gasteiger partial charge on any atom is 0.00924 e. The Morgan fingerprint density at radius 1 is 1.27 bits per heavy atom. The highest BCUT2D eigenvalue weighted by molar-refractivity contribution is 4.81. The highest BCUT2D eigenvalue weighted by atomic mass is 14.9. The first-order chi connectivity index (χ1) is 7.31. The number of rotatable bonds is 6. The molecule has 0 aromatic heterocycles. The summed E-state index contributed by atoms with van der Waals surface area (Å²) in [6, 6.07) is 0.791. The molecule has 1 rings (SSSR count). The summed E-state index contributed by atoms with van der Waals surface area (Å²) in [4.78, 5) is 0. The summed E-state index contributed by atoms with van der Waals surface area (Å²) in [7, 11) is 2.15. The monoisotopic (exact) mass is 211 g/mol. The first-order valence-electron chi connectivity index (χ1n) is 6.99. The lowest BCUT2D eigenvalue weighted by Gasteiger charge is -2.34.